The highest BCUT2D eigenvalue weighted by Crippen LogP contribution is 2.24. The molecule has 8 heteroatoms. The number of carbonyl (C=O) groups excluding carboxylic acids is 1. The molecule has 160 valence electrons. The molecule has 0 spiro atoms. The number of aromatic nitrogens is 2. The molecule has 1 aromatic heterocycles. The number of rotatable bonds is 5. The van der Waals surface area contributed by atoms with E-state index in [1.54, 1.807) is 43.5 Å². The minimum Gasteiger partial charge on any atom is -0.497 e. The van der Waals surface area contributed by atoms with Gasteiger partial charge in [-0.1, -0.05) is 23.7 Å². The minimum atomic E-state index is -0.224. The molecule has 7 nitrogen and oxygen atoms in total. The summed E-state index contributed by atoms with van der Waals surface area (Å²) < 4.78 is 6.55. The SMILES string of the molecule is COc1cccc(NC(=O)C2CCN(c3ccc(=O)n(-c4cccc(Cl)c4)n3)CC2)c1. The largest absolute Gasteiger partial charge is 0.497 e. The summed E-state index contributed by atoms with van der Waals surface area (Å²) in [7, 11) is 1.60. The lowest BCUT2D eigenvalue weighted by Gasteiger charge is -2.32. The number of methoxy groups -OCH3 is 1. The molecular formula is C23H23ClN4O3. The first-order chi connectivity index (χ1) is 15.0. The highest BCUT2D eigenvalue weighted by molar-refractivity contribution is 6.30. The van der Waals surface area contributed by atoms with Crippen LogP contribution in [-0.4, -0.2) is 35.9 Å². The Bertz CT molecular complexity index is 1140. The third-order valence-electron chi connectivity index (χ3n) is 5.37. The van der Waals surface area contributed by atoms with Gasteiger partial charge in [-0.05, 0) is 49.2 Å². The highest BCUT2D eigenvalue weighted by atomic mass is 35.5. The van der Waals surface area contributed by atoms with E-state index < -0.39 is 0 Å². The molecule has 2 aromatic carbocycles. The first kappa shape index (κ1) is 20.9. The van der Waals surface area contributed by atoms with Gasteiger partial charge in [0.25, 0.3) is 5.56 Å². The van der Waals surface area contributed by atoms with Gasteiger partial charge in [0, 0.05) is 41.9 Å². The van der Waals surface area contributed by atoms with Gasteiger partial charge in [-0.25, -0.2) is 0 Å². The number of ether oxygens (including phenoxy) is 1. The van der Waals surface area contributed by atoms with E-state index in [-0.39, 0.29) is 17.4 Å². The van der Waals surface area contributed by atoms with Gasteiger partial charge < -0.3 is 15.0 Å². The standard InChI is InChI=1S/C23H23ClN4O3/c1-31-20-7-3-5-18(15-20)25-23(30)16-10-12-27(13-11-16)21-8-9-22(29)28(26-21)19-6-2-4-17(24)14-19/h2-9,14-16H,10-13H2,1H3,(H,25,30). The molecule has 1 amide bonds. The van der Waals surface area contributed by atoms with Gasteiger partial charge in [-0.3, -0.25) is 9.59 Å². The van der Waals surface area contributed by atoms with Gasteiger partial charge in [0.15, 0.2) is 0 Å². The van der Waals surface area contributed by atoms with E-state index in [4.69, 9.17) is 16.3 Å². The number of nitrogens with one attached hydrogen (secondary N) is 1. The summed E-state index contributed by atoms with van der Waals surface area (Å²) in [5.41, 5.74) is 1.12. The van der Waals surface area contributed by atoms with Crippen molar-refractivity contribution in [2.75, 3.05) is 30.4 Å². The van der Waals surface area contributed by atoms with Crippen LogP contribution in [0.15, 0.2) is 65.5 Å². The predicted molar refractivity (Wildman–Crippen MR) is 121 cm³/mol. The summed E-state index contributed by atoms with van der Waals surface area (Å²) in [5, 5.41) is 8.04. The maximum atomic E-state index is 12.7. The molecule has 0 saturated carbocycles. The first-order valence-electron chi connectivity index (χ1n) is 10.1. The summed E-state index contributed by atoms with van der Waals surface area (Å²) in [5.74, 6) is 1.32. The third kappa shape index (κ3) is 4.88. The van der Waals surface area contributed by atoms with Gasteiger partial charge in [0.1, 0.15) is 11.6 Å². The topological polar surface area (TPSA) is 76.5 Å². The molecule has 0 radical (unpaired) electrons. The Morgan fingerprint density at radius 1 is 1.10 bits per heavy atom. The predicted octanol–water partition coefficient (Wildman–Crippen LogP) is 3.75. The van der Waals surface area contributed by atoms with Crippen molar-refractivity contribution in [2.45, 2.75) is 12.8 Å². The van der Waals surface area contributed by atoms with Crippen LogP contribution in [0, 0.1) is 5.92 Å². The summed E-state index contributed by atoms with van der Waals surface area (Å²) >= 11 is 6.06. The second kappa shape index (κ2) is 9.22. The fourth-order valence-electron chi connectivity index (χ4n) is 3.68. The molecule has 1 saturated heterocycles. The summed E-state index contributed by atoms with van der Waals surface area (Å²) in [6.07, 6.45) is 1.40. The van der Waals surface area contributed by atoms with Crippen LogP contribution in [-0.2, 0) is 4.79 Å². The van der Waals surface area contributed by atoms with Crippen LogP contribution in [0.2, 0.25) is 5.02 Å². The quantitative estimate of drug-likeness (QED) is 0.656. The van der Waals surface area contributed by atoms with Crippen LogP contribution in [0.5, 0.6) is 5.75 Å². The zero-order chi connectivity index (χ0) is 21.8. The van der Waals surface area contributed by atoms with Crippen LogP contribution in [0.1, 0.15) is 12.8 Å². The van der Waals surface area contributed by atoms with E-state index in [9.17, 15) is 9.59 Å². The van der Waals surface area contributed by atoms with Gasteiger partial charge in [-0.2, -0.15) is 4.68 Å². The van der Waals surface area contributed by atoms with E-state index in [0.717, 1.165) is 5.69 Å². The average Bonchev–Trinajstić information content (AvgIpc) is 2.79. The first-order valence-corrected chi connectivity index (χ1v) is 10.5. The lowest BCUT2D eigenvalue weighted by Crippen LogP contribution is -2.39. The summed E-state index contributed by atoms with van der Waals surface area (Å²) in [6.45, 7) is 1.36. The zero-order valence-electron chi connectivity index (χ0n) is 17.1. The lowest BCUT2D eigenvalue weighted by atomic mass is 9.96. The Hall–Kier alpha value is -3.32. The van der Waals surface area contributed by atoms with E-state index in [2.05, 4.69) is 15.3 Å². The molecule has 1 aliphatic heterocycles. The number of piperidine rings is 1. The van der Waals surface area contributed by atoms with E-state index in [1.807, 2.05) is 18.2 Å². The monoisotopic (exact) mass is 438 g/mol. The maximum Gasteiger partial charge on any atom is 0.271 e. The number of amides is 1. The maximum absolute atomic E-state index is 12.7. The molecule has 0 bridgehead atoms. The molecule has 1 N–H and O–H groups in total. The van der Waals surface area contributed by atoms with Crippen molar-refractivity contribution in [3.63, 3.8) is 0 Å². The molecule has 0 unspecified atom stereocenters. The molecule has 3 aromatic rings. The van der Waals surface area contributed by atoms with E-state index in [0.29, 0.717) is 48.2 Å². The summed E-state index contributed by atoms with van der Waals surface area (Å²) in [6, 6.07) is 17.6. The molecule has 2 heterocycles. The number of hydrogen-bond donors (Lipinski definition) is 1. The summed E-state index contributed by atoms with van der Waals surface area (Å²) in [4.78, 5) is 27.1. The second-order valence-corrected chi connectivity index (χ2v) is 7.84. The number of carbonyl (C=O) groups is 1. The highest BCUT2D eigenvalue weighted by Gasteiger charge is 2.26. The second-order valence-electron chi connectivity index (χ2n) is 7.40. The normalized spacial score (nSPS) is 14.3. The van der Waals surface area contributed by atoms with Crippen molar-refractivity contribution in [2.24, 2.45) is 5.92 Å². The molecule has 1 aliphatic rings. The Kier molecular flexibility index (Phi) is 6.23. The fraction of sp³-hybridized carbons (Fsp3) is 0.261. The van der Waals surface area contributed by atoms with Gasteiger partial charge in [0.05, 0.1) is 12.8 Å². The van der Waals surface area contributed by atoms with Gasteiger partial charge >= 0.3 is 0 Å². The van der Waals surface area contributed by atoms with Crippen molar-refractivity contribution in [3.8, 4) is 11.4 Å². The van der Waals surface area contributed by atoms with Crippen LogP contribution < -0.4 is 20.5 Å². The fourth-order valence-corrected chi connectivity index (χ4v) is 3.86. The van der Waals surface area contributed by atoms with Crippen molar-refractivity contribution in [3.05, 3.63) is 76.0 Å². The minimum absolute atomic E-state index is 0.00441. The van der Waals surface area contributed by atoms with Crippen molar-refractivity contribution < 1.29 is 9.53 Å². The number of halogens is 1. The Labute approximate surface area is 185 Å². The lowest BCUT2D eigenvalue weighted by molar-refractivity contribution is -0.120. The van der Waals surface area contributed by atoms with Crippen molar-refractivity contribution >= 4 is 29.0 Å². The molecular weight excluding hydrogens is 416 g/mol. The average molecular weight is 439 g/mol. The van der Waals surface area contributed by atoms with Gasteiger partial charge in [0.2, 0.25) is 5.91 Å². The number of anilines is 2. The number of hydrogen-bond acceptors (Lipinski definition) is 5. The number of benzene rings is 2. The Morgan fingerprint density at radius 3 is 2.61 bits per heavy atom. The third-order valence-corrected chi connectivity index (χ3v) is 5.60. The van der Waals surface area contributed by atoms with Crippen molar-refractivity contribution in [1.82, 2.24) is 9.78 Å². The van der Waals surface area contributed by atoms with Crippen LogP contribution >= 0.6 is 11.6 Å². The van der Waals surface area contributed by atoms with Crippen LogP contribution in [0.4, 0.5) is 11.5 Å². The Balaban J connectivity index is 1.42. The molecule has 1 fully saturated rings. The Morgan fingerprint density at radius 2 is 1.87 bits per heavy atom. The zero-order valence-corrected chi connectivity index (χ0v) is 17.9. The van der Waals surface area contributed by atoms with Crippen molar-refractivity contribution in [1.29, 1.82) is 0 Å². The molecule has 31 heavy (non-hydrogen) atoms. The van der Waals surface area contributed by atoms with E-state index in [1.165, 1.54) is 10.7 Å². The van der Waals surface area contributed by atoms with E-state index >= 15 is 0 Å². The smallest absolute Gasteiger partial charge is 0.271 e. The van der Waals surface area contributed by atoms with Gasteiger partial charge in [-0.15, -0.1) is 5.10 Å². The molecule has 4 rings (SSSR count). The number of nitrogens with zero attached hydrogens (tertiary/aromatic N) is 3. The molecule has 0 aliphatic carbocycles. The molecule has 0 atom stereocenters. The van der Waals surface area contributed by atoms with Crippen LogP contribution in [0.3, 0.4) is 0 Å². The van der Waals surface area contributed by atoms with Crippen LogP contribution in [0.25, 0.3) is 5.69 Å².